The number of nitrogens with zero attached hydrogens (tertiary/aromatic N) is 2. The van der Waals surface area contributed by atoms with Crippen LogP contribution in [-0.2, 0) is 4.79 Å². The number of aromatic nitrogens is 1. The summed E-state index contributed by atoms with van der Waals surface area (Å²) in [6, 6.07) is 18.7. The molecule has 0 radical (unpaired) electrons. The molecule has 39 heavy (non-hydrogen) atoms. The smallest absolute Gasteiger partial charge is 0.271 e. The van der Waals surface area contributed by atoms with E-state index in [0.29, 0.717) is 33.7 Å². The fraction of sp³-hybridized carbons (Fsp3) is 0.143. The Morgan fingerprint density at radius 1 is 1.10 bits per heavy atom. The molecule has 0 aliphatic heterocycles. The lowest BCUT2D eigenvalue weighted by Gasteiger charge is -2.13. The zero-order valence-electron chi connectivity index (χ0n) is 21.2. The number of nitrogens with one attached hydrogen (secondary N) is 2. The molecule has 0 spiro atoms. The topological polar surface area (TPSA) is 128 Å². The van der Waals surface area contributed by atoms with Gasteiger partial charge in [-0.3, -0.25) is 9.59 Å². The number of carbonyl (C=O) groups is 2. The average molecular weight is 609 g/mol. The van der Waals surface area contributed by atoms with Gasteiger partial charge >= 0.3 is 0 Å². The van der Waals surface area contributed by atoms with Crippen molar-refractivity contribution in [1.29, 1.82) is 0 Å². The molecule has 4 N–H and O–H groups in total. The first kappa shape index (κ1) is 27.8. The summed E-state index contributed by atoms with van der Waals surface area (Å²) in [4.78, 5) is 28.3. The second-order valence-electron chi connectivity index (χ2n) is 8.32. The molecular weight excluding hydrogens is 582 g/mol. The van der Waals surface area contributed by atoms with Crippen molar-refractivity contribution in [1.82, 2.24) is 10.4 Å². The molecule has 0 saturated carbocycles. The minimum Gasteiger partial charge on any atom is -0.490 e. The number of hydrogen-bond acceptors (Lipinski definition) is 8. The van der Waals surface area contributed by atoms with Crippen molar-refractivity contribution in [2.45, 2.75) is 13.8 Å². The minimum absolute atomic E-state index is 0.283. The molecule has 0 bridgehead atoms. The number of thiazole rings is 1. The Morgan fingerprint density at radius 2 is 1.85 bits per heavy atom. The summed E-state index contributed by atoms with van der Waals surface area (Å²) in [5, 5.41) is 10.1. The van der Waals surface area contributed by atoms with Crippen LogP contribution in [0.25, 0.3) is 11.3 Å². The van der Waals surface area contributed by atoms with Crippen molar-refractivity contribution in [3.05, 3.63) is 87.2 Å². The maximum atomic E-state index is 12.6. The molecule has 1 heterocycles. The summed E-state index contributed by atoms with van der Waals surface area (Å²) in [6.45, 7) is 3.98. The number of hydrogen-bond donors (Lipinski definition) is 3. The molecule has 0 unspecified atom stereocenters. The van der Waals surface area contributed by atoms with Gasteiger partial charge in [-0.1, -0.05) is 29.8 Å². The lowest BCUT2D eigenvalue weighted by Crippen LogP contribution is -2.20. The lowest BCUT2D eigenvalue weighted by atomic mass is 10.1. The molecule has 200 valence electrons. The van der Waals surface area contributed by atoms with Gasteiger partial charge in [-0.15, -0.1) is 11.3 Å². The van der Waals surface area contributed by atoms with Gasteiger partial charge in [0.1, 0.15) is 0 Å². The van der Waals surface area contributed by atoms with Crippen LogP contribution in [0.5, 0.6) is 11.5 Å². The number of primary amides is 1. The zero-order valence-corrected chi connectivity index (χ0v) is 23.6. The molecule has 0 saturated heterocycles. The Hall–Kier alpha value is -4.22. The van der Waals surface area contributed by atoms with Crippen molar-refractivity contribution in [3.63, 3.8) is 0 Å². The van der Waals surface area contributed by atoms with Crippen LogP contribution in [0.2, 0.25) is 0 Å². The maximum absolute atomic E-state index is 12.6. The van der Waals surface area contributed by atoms with E-state index in [0.717, 1.165) is 22.1 Å². The summed E-state index contributed by atoms with van der Waals surface area (Å²) in [6.07, 6.45) is 1.48. The number of benzene rings is 3. The van der Waals surface area contributed by atoms with E-state index < -0.39 is 5.91 Å². The summed E-state index contributed by atoms with van der Waals surface area (Å²) in [7, 11) is 0. The Bertz CT molecular complexity index is 1490. The number of hydrazone groups is 1. The highest BCUT2D eigenvalue weighted by Crippen LogP contribution is 2.36. The predicted molar refractivity (Wildman–Crippen MR) is 157 cm³/mol. The summed E-state index contributed by atoms with van der Waals surface area (Å²) in [5.74, 6) is -0.189. The van der Waals surface area contributed by atoms with Gasteiger partial charge in [0.25, 0.3) is 11.8 Å². The van der Waals surface area contributed by atoms with Crippen LogP contribution >= 0.6 is 27.3 Å². The standard InChI is InChI=1S/C28H26BrN5O4S/c1-3-37-24-13-18(12-22(29)26(24)38-15-25(30)35)14-31-34-27(36)20-8-6-19(7-9-20)23-16-39-28(33-23)32-21-10-4-17(2)5-11-21/h4-14,16H,3,15H2,1-2H3,(H2,30,35)(H,32,33)(H,34,36)/b31-14+. The number of ether oxygens (including phenoxy) is 2. The molecule has 4 aromatic rings. The van der Waals surface area contributed by atoms with Crippen molar-refractivity contribution < 1.29 is 19.1 Å². The molecule has 3 aromatic carbocycles. The normalized spacial score (nSPS) is 10.8. The van der Waals surface area contributed by atoms with Crippen molar-refractivity contribution >= 4 is 56.1 Å². The first-order valence-corrected chi connectivity index (χ1v) is 13.6. The largest absolute Gasteiger partial charge is 0.490 e. The highest BCUT2D eigenvalue weighted by Gasteiger charge is 2.13. The van der Waals surface area contributed by atoms with Gasteiger partial charge < -0.3 is 20.5 Å². The van der Waals surface area contributed by atoms with Crippen LogP contribution in [0, 0.1) is 6.92 Å². The van der Waals surface area contributed by atoms with Gasteiger partial charge in [0.2, 0.25) is 0 Å². The SMILES string of the molecule is CCOc1cc(/C=N/NC(=O)c2ccc(-c3csc(Nc4ccc(C)cc4)n3)cc2)cc(Br)c1OCC(N)=O. The summed E-state index contributed by atoms with van der Waals surface area (Å²) < 4.78 is 11.6. The van der Waals surface area contributed by atoms with E-state index in [1.807, 2.05) is 55.6 Å². The molecule has 0 aliphatic rings. The second-order valence-corrected chi connectivity index (χ2v) is 10.0. The Balaban J connectivity index is 1.38. The van der Waals surface area contributed by atoms with Crippen LogP contribution in [0.3, 0.4) is 0 Å². The quantitative estimate of drug-likeness (QED) is 0.149. The fourth-order valence-electron chi connectivity index (χ4n) is 3.46. The number of nitrogens with two attached hydrogens (primary N) is 1. The average Bonchev–Trinajstić information content (AvgIpc) is 3.38. The van der Waals surface area contributed by atoms with E-state index in [1.54, 1.807) is 24.3 Å². The van der Waals surface area contributed by atoms with Crippen LogP contribution in [0.1, 0.15) is 28.4 Å². The van der Waals surface area contributed by atoms with E-state index in [-0.39, 0.29) is 12.5 Å². The van der Waals surface area contributed by atoms with E-state index in [1.165, 1.54) is 23.1 Å². The van der Waals surface area contributed by atoms with E-state index in [4.69, 9.17) is 15.2 Å². The van der Waals surface area contributed by atoms with Gasteiger partial charge in [-0.25, -0.2) is 10.4 Å². The molecule has 11 heteroatoms. The van der Waals surface area contributed by atoms with Crippen LogP contribution in [-0.4, -0.2) is 36.2 Å². The summed E-state index contributed by atoms with van der Waals surface area (Å²) in [5.41, 5.74) is 12.7. The monoisotopic (exact) mass is 607 g/mol. The second kappa shape index (κ2) is 13.0. The Morgan fingerprint density at radius 3 is 2.54 bits per heavy atom. The van der Waals surface area contributed by atoms with Gasteiger partial charge in [0.15, 0.2) is 23.2 Å². The molecule has 1 aromatic heterocycles. The third kappa shape index (κ3) is 7.65. The molecule has 0 aliphatic carbocycles. The Labute approximate surface area is 238 Å². The van der Waals surface area contributed by atoms with Gasteiger partial charge in [0, 0.05) is 22.2 Å². The van der Waals surface area contributed by atoms with Crippen LogP contribution in [0.15, 0.2) is 75.6 Å². The van der Waals surface area contributed by atoms with Gasteiger partial charge in [-0.05, 0) is 71.7 Å². The summed E-state index contributed by atoms with van der Waals surface area (Å²) >= 11 is 4.92. The van der Waals surface area contributed by atoms with Gasteiger partial charge in [-0.2, -0.15) is 5.10 Å². The third-order valence-corrected chi connectivity index (χ3v) is 6.67. The molecule has 0 fully saturated rings. The first-order chi connectivity index (χ1) is 18.8. The van der Waals surface area contributed by atoms with Crippen molar-refractivity contribution in [3.8, 4) is 22.8 Å². The van der Waals surface area contributed by atoms with Gasteiger partial charge in [0.05, 0.1) is 23.0 Å². The van der Waals surface area contributed by atoms with Crippen LogP contribution in [0.4, 0.5) is 10.8 Å². The fourth-order valence-corrected chi connectivity index (χ4v) is 4.77. The van der Waals surface area contributed by atoms with Crippen LogP contribution < -0.4 is 25.9 Å². The number of aryl methyl sites for hydroxylation is 1. The third-order valence-electron chi connectivity index (χ3n) is 5.32. The van der Waals surface area contributed by atoms with E-state index in [2.05, 4.69) is 36.8 Å². The number of amides is 2. The molecule has 0 atom stereocenters. The number of rotatable bonds is 11. The minimum atomic E-state index is -0.600. The first-order valence-electron chi connectivity index (χ1n) is 11.9. The highest BCUT2D eigenvalue weighted by atomic mass is 79.9. The van der Waals surface area contributed by atoms with Crippen molar-refractivity contribution in [2.24, 2.45) is 10.8 Å². The lowest BCUT2D eigenvalue weighted by molar-refractivity contribution is -0.119. The van der Waals surface area contributed by atoms with E-state index in [9.17, 15) is 9.59 Å². The zero-order chi connectivity index (χ0) is 27.8. The van der Waals surface area contributed by atoms with Crippen molar-refractivity contribution in [2.75, 3.05) is 18.5 Å². The number of carbonyl (C=O) groups excluding carboxylic acids is 2. The predicted octanol–water partition coefficient (Wildman–Crippen LogP) is 5.65. The molecule has 4 rings (SSSR count). The number of anilines is 2. The highest BCUT2D eigenvalue weighted by molar-refractivity contribution is 9.10. The molecule has 9 nitrogen and oxygen atoms in total. The van der Waals surface area contributed by atoms with E-state index >= 15 is 0 Å². The molecular formula is C28H26BrN5O4S. The molecule has 2 amide bonds. The number of halogens is 1. The maximum Gasteiger partial charge on any atom is 0.271 e. The Kier molecular flexibility index (Phi) is 9.29.